The molecule has 1 aliphatic carbocycles. The molecule has 198 valence electrons. The van der Waals surface area contributed by atoms with E-state index in [1.165, 1.54) is 11.3 Å². The Bertz CT molecular complexity index is 1860. The summed E-state index contributed by atoms with van der Waals surface area (Å²) in [6.45, 7) is 0.619. The van der Waals surface area contributed by atoms with Crippen molar-refractivity contribution >= 4 is 34.1 Å². The second-order valence-electron chi connectivity index (χ2n) is 9.55. The largest absolute Gasteiger partial charge is 0.456 e. The zero-order chi connectivity index (χ0) is 27.8. The molecule has 1 aliphatic heterocycles. The number of nitrogens with zero attached hydrogens (tertiary/aromatic N) is 3. The molecule has 0 saturated carbocycles. The number of hydrogen-bond donors (Lipinski definition) is 0. The number of anilines is 1. The van der Waals surface area contributed by atoms with Crippen LogP contribution in [0.5, 0.6) is 0 Å². The molecule has 3 aromatic rings. The SMILES string of the molecule is CC(=O)OCOC(=O)c1cc(-c2c3ccc(=[N+](C)C)cc-3oc3cc(N(C)C)ccc23)c2ccccn2c1=O. The Kier molecular flexibility index (Phi) is 6.66. The molecule has 39 heavy (non-hydrogen) atoms. The number of pyridine rings is 2. The maximum atomic E-state index is 13.3. The van der Waals surface area contributed by atoms with Gasteiger partial charge in [-0.1, -0.05) is 6.07 Å². The van der Waals surface area contributed by atoms with E-state index in [1.54, 1.807) is 18.3 Å². The molecule has 0 N–H and O–H groups in total. The van der Waals surface area contributed by atoms with E-state index < -0.39 is 24.3 Å². The summed E-state index contributed by atoms with van der Waals surface area (Å²) in [6, 6.07) is 18.8. The highest BCUT2D eigenvalue weighted by molar-refractivity contribution is 6.07. The van der Waals surface area contributed by atoms with E-state index in [0.717, 1.165) is 27.6 Å². The number of fused-ring (bicyclic) bond motifs is 3. The van der Waals surface area contributed by atoms with Gasteiger partial charge in [0.25, 0.3) is 5.56 Å². The molecule has 0 radical (unpaired) electrons. The molecule has 2 aromatic heterocycles. The van der Waals surface area contributed by atoms with Crippen LogP contribution in [0.1, 0.15) is 17.3 Å². The minimum atomic E-state index is -0.889. The Hall–Kier alpha value is -4.92. The maximum Gasteiger partial charge on any atom is 0.346 e. The summed E-state index contributed by atoms with van der Waals surface area (Å²) in [4.78, 5) is 39.4. The average molecular weight is 527 g/mol. The second-order valence-corrected chi connectivity index (χ2v) is 9.55. The van der Waals surface area contributed by atoms with Crippen molar-refractivity contribution in [3.63, 3.8) is 0 Å². The van der Waals surface area contributed by atoms with Crippen LogP contribution in [0.3, 0.4) is 0 Å². The van der Waals surface area contributed by atoms with Gasteiger partial charge in [0.05, 0.1) is 11.6 Å². The summed E-state index contributed by atoms with van der Waals surface area (Å²) in [5.74, 6) is -0.836. The summed E-state index contributed by atoms with van der Waals surface area (Å²) >= 11 is 0. The fourth-order valence-corrected chi connectivity index (χ4v) is 4.55. The second kappa shape index (κ2) is 10.1. The number of carbonyl (C=O) groups excluding carboxylic acids is 2. The fraction of sp³-hybridized carbons (Fsp3) is 0.200. The topological polar surface area (TPSA) is 93.5 Å². The number of hydrogen-bond acceptors (Lipinski definition) is 7. The Morgan fingerprint density at radius 3 is 2.49 bits per heavy atom. The van der Waals surface area contributed by atoms with Gasteiger partial charge < -0.3 is 18.8 Å². The van der Waals surface area contributed by atoms with E-state index in [4.69, 9.17) is 13.9 Å². The average Bonchev–Trinajstić information content (AvgIpc) is 2.91. The van der Waals surface area contributed by atoms with Crippen molar-refractivity contribution in [3.05, 3.63) is 88.1 Å². The lowest BCUT2D eigenvalue weighted by Crippen LogP contribution is -2.24. The Labute approximate surface area is 224 Å². The van der Waals surface area contributed by atoms with Crippen LogP contribution in [0.2, 0.25) is 0 Å². The van der Waals surface area contributed by atoms with E-state index in [-0.39, 0.29) is 5.56 Å². The molecule has 9 nitrogen and oxygen atoms in total. The molecule has 0 fully saturated rings. The van der Waals surface area contributed by atoms with Crippen LogP contribution in [0.25, 0.3) is 38.9 Å². The third-order valence-corrected chi connectivity index (χ3v) is 6.54. The third-order valence-electron chi connectivity index (χ3n) is 6.54. The molecule has 1 aromatic carbocycles. The standard InChI is InChI=1S/C30H28N3O6/c1-18(34)37-17-38-30(36)24-16-23(25-8-6-7-13-33(25)29(24)35)28-21-11-9-19(31(2)3)14-26(21)39-27-15-20(32(4)5)10-12-22(27)28/h6-16H,17H2,1-5H3/q+1. The maximum absolute atomic E-state index is 13.3. The van der Waals surface area contributed by atoms with Crippen molar-refractivity contribution in [2.24, 2.45) is 0 Å². The van der Waals surface area contributed by atoms with Crippen LogP contribution in [-0.4, -0.2) is 51.3 Å². The van der Waals surface area contributed by atoms with E-state index in [2.05, 4.69) is 0 Å². The van der Waals surface area contributed by atoms with Gasteiger partial charge in [-0.2, -0.15) is 0 Å². The molecule has 0 atom stereocenters. The van der Waals surface area contributed by atoms with Crippen molar-refractivity contribution in [1.29, 1.82) is 0 Å². The van der Waals surface area contributed by atoms with Crippen molar-refractivity contribution in [2.75, 3.05) is 39.9 Å². The molecule has 0 saturated heterocycles. The van der Waals surface area contributed by atoms with Crippen LogP contribution in [0, 0.1) is 0 Å². The zero-order valence-corrected chi connectivity index (χ0v) is 22.3. The first kappa shape index (κ1) is 25.7. The van der Waals surface area contributed by atoms with E-state index in [0.29, 0.717) is 22.4 Å². The predicted molar refractivity (Wildman–Crippen MR) is 149 cm³/mol. The Morgan fingerprint density at radius 2 is 1.77 bits per heavy atom. The van der Waals surface area contributed by atoms with E-state index in [9.17, 15) is 14.4 Å². The van der Waals surface area contributed by atoms with Crippen LogP contribution >= 0.6 is 0 Å². The molecule has 2 aliphatic rings. The number of esters is 2. The van der Waals surface area contributed by atoms with Gasteiger partial charge in [0.15, 0.2) is 0 Å². The minimum Gasteiger partial charge on any atom is -0.456 e. The first-order valence-corrected chi connectivity index (χ1v) is 12.3. The van der Waals surface area contributed by atoms with Crippen LogP contribution in [-0.2, 0) is 14.3 Å². The van der Waals surface area contributed by atoms with Crippen LogP contribution < -0.4 is 20.4 Å². The van der Waals surface area contributed by atoms with Gasteiger partial charge in [-0.3, -0.25) is 14.0 Å². The van der Waals surface area contributed by atoms with Crippen molar-refractivity contribution in [2.45, 2.75) is 6.92 Å². The molecule has 9 heteroatoms. The first-order chi connectivity index (χ1) is 18.7. The summed E-state index contributed by atoms with van der Waals surface area (Å²) in [7, 11) is 7.83. The van der Waals surface area contributed by atoms with Crippen LogP contribution in [0.15, 0.2) is 76.1 Å². The highest BCUT2D eigenvalue weighted by Gasteiger charge is 2.24. The van der Waals surface area contributed by atoms with Gasteiger partial charge in [-0.05, 0) is 36.4 Å². The summed E-state index contributed by atoms with van der Waals surface area (Å²) in [5.41, 5.74) is 3.77. The summed E-state index contributed by atoms with van der Waals surface area (Å²) in [5, 5.41) is 1.78. The zero-order valence-electron chi connectivity index (χ0n) is 22.3. The Balaban J connectivity index is 1.87. The molecule has 0 amide bonds. The van der Waals surface area contributed by atoms with Gasteiger partial charge >= 0.3 is 11.9 Å². The quantitative estimate of drug-likeness (QED) is 0.150. The first-order valence-electron chi connectivity index (χ1n) is 12.3. The fourth-order valence-electron chi connectivity index (χ4n) is 4.55. The van der Waals surface area contributed by atoms with Gasteiger partial charge in [-0.15, -0.1) is 0 Å². The smallest absolute Gasteiger partial charge is 0.346 e. The molecular formula is C30H28N3O6+. The number of benzene rings is 2. The van der Waals surface area contributed by atoms with Crippen molar-refractivity contribution in [1.82, 2.24) is 8.98 Å². The number of ether oxygens (including phenoxy) is 2. The van der Waals surface area contributed by atoms with Gasteiger partial charge in [0.2, 0.25) is 12.2 Å². The number of rotatable bonds is 5. The molecular weight excluding hydrogens is 498 g/mol. The van der Waals surface area contributed by atoms with Gasteiger partial charge in [-0.25, -0.2) is 9.37 Å². The highest BCUT2D eigenvalue weighted by Crippen LogP contribution is 2.42. The summed E-state index contributed by atoms with van der Waals surface area (Å²) in [6.07, 6.45) is 1.61. The van der Waals surface area contributed by atoms with Crippen molar-refractivity contribution < 1.29 is 23.5 Å². The molecule has 5 rings (SSSR count). The van der Waals surface area contributed by atoms with E-state index in [1.807, 2.05) is 86.2 Å². The minimum absolute atomic E-state index is 0.183. The number of carbonyl (C=O) groups is 2. The van der Waals surface area contributed by atoms with Gasteiger partial charge in [0, 0.05) is 67.1 Å². The lowest BCUT2D eigenvalue weighted by Gasteiger charge is -2.19. The lowest BCUT2D eigenvalue weighted by molar-refractivity contribution is -0.149. The Morgan fingerprint density at radius 1 is 0.974 bits per heavy atom. The highest BCUT2D eigenvalue weighted by atomic mass is 16.7. The van der Waals surface area contributed by atoms with Gasteiger partial charge in [0.1, 0.15) is 31.0 Å². The summed E-state index contributed by atoms with van der Waals surface area (Å²) < 4.78 is 19.7. The molecule has 0 unspecified atom stereocenters. The van der Waals surface area contributed by atoms with Crippen molar-refractivity contribution in [3.8, 4) is 22.5 Å². The molecule has 3 heterocycles. The number of aromatic nitrogens is 1. The third kappa shape index (κ3) is 4.74. The normalized spacial score (nSPS) is 11.1. The van der Waals surface area contributed by atoms with Crippen LogP contribution in [0.4, 0.5) is 5.69 Å². The lowest BCUT2D eigenvalue weighted by atomic mass is 9.92. The van der Waals surface area contributed by atoms with E-state index >= 15 is 0 Å². The molecule has 0 spiro atoms. The molecule has 0 bridgehead atoms. The monoisotopic (exact) mass is 526 g/mol. The predicted octanol–water partition coefficient (Wildman–Crippen LogP) is 3.59.